The molecule has 0 aromatic carbocycles. The highest BCUT2D eigenvalue weighted by atomic mass is 15.0. The maximum atomic E-state index is 4.33. The Morgan fingerprint density at radius 3 is 3.00 bits per heavy atom. The highest BCUT2D eigenvalue weighted by molar-refractivity contribution is 5.10. The lowest BCUT2D eigenvalue weighted by Crippen LogP contribution is -2.14. The van der Waals surface area contributed by atoms with Gasteiger partial charge in [0.05, 0.1) is 5.69 Å². The lowest BCUT2D eigenvalue weighted by atomic mass is 10.1. The molecule has 64 valence electrons. The molecule has 1 aromatic rings. The van der Waals surface area contributed by atoms with Crippen LogP contribution < -0.4 is 5.32 Å². The third-order valence-electron chi connectivity index (χ3n) is 2.40. The smallest absolute Gasteiger partial charge is 0.0573 e. The minimum atomic E-state index is 0.487. The number of nitrogens with one attached hydrogen (secondary N) is 1. The van der Waals surface area contributed by atoms with Crippen LogP contribution in [0.1, 0.15) is 25.1 Å². The van der Waals surface area contributed by atoms with Crippen LogP contribution in [0.2, 0.25) is 0 Å². The van der Waals surface area contributed by atoms with Crippen LogP contribution in [0.5, 0.6) is 0 Å². The van der Waals surface area contributed by atoms with Gasteiger partial charge in [0, 0.05) is 12.2 Å². The van der Waals surface area contributed by atoms with Crippen LogP contribution in [0.4, 0.5) is 0 Å². The summed E-state index contributed by atoms with van der Waals surface area (Å²) < 4.78 is 0. The summed E-state index contributed by atoms with van der Waals surface area (Å²) in [4.78, 5) is 4.33. The van der Waals surface area contributed by atoms with Crippen LogP contribution in [-0.2, 0) is 0 Å². The number of rotatable bonds is 1. The predicted molar refractivity (Wildman–Crippen MR) is 48.8 cm³/mol. The van der Waals surface area contributed by atoms with Gasteiger partial charge in [0.2, 0.25) is 0 Å². The quantitative estimate of drug-likeness (QED) is 0.680. The molecule has 2 nitrogen and oxygen atoms in total. The van der Waals surface area contributed by atoms with Gasteiger partial charge in [-0.15, -0.1) is 0 Å². The third kappa shape index (κ3) is 1.48. The largest absolute Gasteiger partial charge is 0.308 e. The normalized spacial score (nSPS) is 29.1. The van der Waals surface area contributed by atoms with E-state index >= 15 is 0 Å². The Bertz CT molecular complexity index is 245. The Morgan fingerprint density at radius 1 is 1.50 bits per heavy atom. The molecule has 0 radical (unpaired) electrons. The molecule has 0 spiro atoms. The zero-order valence-corrected chi connectivity index (χ0v) is 7.33. The first kappa shape index (κ1) is 7.74. The standard InChI is InChI=1S/C10H14N2/c1-8-6-10(12-7-8)9-4-2-3-5-11-9/h2-5,8,10,12H,6-7H2,1H3/t8-,10-/m0/s1. The van der Waals surface area contributed by atoms with E-state index < -0.39 is 0 Å². The van der Waals surface area contributed by atoms with Crippen molar-refractivity contribution < 1.29 is 0 Å². The van der Waals surface area contributed by atoms with Crippen molar-refractivity contribution in [2.24, 2.45) is 5.92 Å². The molecule has 2 rings (SSSR count). The van der Waals surface area contributed by atoms with Crippen molar-refractivity contribution in [2.75, 3.05) is 6.54 Å². The van der Waals surface area contributed by atoms with Gasteiger partial charge in [-0.3, -0.25) is 4.98 Å². The molecular formula is C10H14N2. The molecule has 12 heavy (non-hydrogen) atoms. The predicted octanol–water partition coefficient (Wildman–Crippen LogP) is 1.75. The van der Waals surface area contributed by atoms with Gasteiger partial charge in [-0.2, -0.15) is 0 Å². The van der Waals surface area contributed by atoms with E-state index in [0.717, 1.165) is 12.5 Å². The van der Waals surface area contributed by atoms with Crippen molar-refractivity contribution in [3.05, 3.63) is 30.1 Å². The van der Waals surface area contributed by atoms with E-state index in [9.17, 15) is 0 Å². The Morgan fingerprint density at radius 2 is 2.42 bits per heavy atom. The fourth-order valence-corrected chi connectivity index (χ4v) is 1.72. The van der Waals surface area contributed by atoms with Gasteiger partial charge < -0.3 is 5.32 Å². The summed E-state index contributed by atoms with van der Waals surface area (Å²) in [6, 6.07) is 6.59. The second kappa shape index (κ2) is 3.23. The molecule has 0 saturated carbocycles. The third-order valence-corrected chi connectivity index (χ3v) is 2.40. The Hall–Kier alpha value is -0.890. The summed E-state index contributed by atoms with van der Waals surface area (Å²) in [7, 11) is 0. The van der Waals surface area contributed by atoms with Gasteiger partial charge in [0.15, 0.2) is 0 Å². The first-order valence-corrected chi connectivity index (χ1v) is 4.50. The van der Waals surface area contributed by atoms with Crippen molar-refractivity contribution in [3.8, 4) is 0 Å². The molecule has 2 heteroatoms. The van der Waals surface area contributed by atoms with Gasteiger partial charge in [0.25, 0.3) is 0 Å². The lowest BCUT2D eigenvalue weighted by molar-refractivity contribution is 0.599. The molecule has 0 unspecified atom stereocenters. The molecule has 0 bridgehead atoms. The highest BCUT2D eigenvalue weighted by Gasteiger charge is 2.22. The molecular weight excluding hydrogens is 148 g/mol. The van der Waals surface area contributed by atoms with Gasteiger partial charge in [-0.25, -0.2) is 0 Å². The number of hydrogen-bond donors (Lipinski definition) is 1. The zero-order valence-electron chi connectivity index (χ0n) is 7.33. The van der Waals surface area contributed by atoms with Crippen LogP contribution in [-0.4, -0.2) is 11.5 Å². The summed E-state index contributed by atoms with van der Waals surface area (Å²) in [6.45, 7) is 3.40. The van der Waals surface area contributed by atoms with Crippen molar-refractivity contribution >= 4 is 0 Å². The Kier molecular flexibility index (Phi) is 2.09. The van der Waals surface area contributed by atoms with Gasteiger partial charge >= 0.3 is 0 Å². The molecule has 0 aliphatic carbocycles. The summed E-state index contributed by atoms with van der Waals surface area (Å²) in [5.74, 6) is 0.789. The maximum Gasteiger partial charge on any atom is 0.0573 e. The molecule has 0 amide bonds. The SMILES string of the molecule is C[C@@H]1CN[C@H](c2ccccn2)C1. The summed E-state index contributed by atoms with van der Waals surface area (Å²) in [6.07, 6.45) is 3.08. The van der Waals surface area contributed by atoms with Crippen molar-refractivity contribution in [2.45, 2.75) is 19.4 Å². The van der Waals surface area contributed by atoms with E-state index in [1.165, 1.54) is 12.1 Å². The fourth-order valence-electron chi connectivity index (χ4n) is 1.72. The van der Waals surface area contributed by atoms with E-state index in [1.807, 2.05) is 18.3 Å². The molecule has 1 aromatic heterocycles. The van der Waals surface area contributed by atoms with Gasteiger partial charge in [0.1, 0.15) is 0 Å². The number of hydrogen-bond acceptors (Lipinski definition) is 2. The minimum absolute atomic E-state index is 0.487. The van der Waals surface area contributed by atoms with Crippen molar-refractivity contribution in [1.82, 2.24) is 10.3 Å². The molecule has 2 heterocycles. The van der Waals surface area contributed by atoms with Crippen LogP contribution in [0.3, 0.4) is 0 Å². The van der Waals surface area contributed by atoms with Gasteiger partial charge in [-0.05, 0) is 31.0 Å². The molecule has 1 aliphatic heterocycles. The minimum Gasteiger partial charge on any atom is -0.308 e. The molecule has 1 N–H and O–H groups in total. The van der Waals surface area contributed by atoms with Crippen LogP contribution in [0.25, 0.3) is 0 Å². The van der Waals surface area contributed by atoms with Crippen LogP contribution in [0.15, 0.2) is 24.4 Å². The summed E-state index contributed by atoms with van der Waals surface area (Å²) in [5, 5.41) is 3.46. The summed E-state index contributed by atoms with van der Waals surface area (Å²) in [5.41, 5.74) is 1.18. The lowest BCUT2D eigenvalue weighted by Gasteiger charge is -2.07. The average Bonchev–Trinajstić information content (AvgIpc) is 2.54. The monoisotopic (exact) mass is 162 g/mol. The molecule has 1 fully saturated rings. The van der Waals surface area contributed by atoms with E-state index in [0.29, 0.717) is 6.04 Å². The number of aromatic nitrogens is 1. The van der Waals surface area contributed by atoms with E-state index in [4.69, 9.17) is 0 Å². The van der Waals surface area contributed by atoms with Crippen LogP contribution >= 0.6 is 0 Å². The number of pyridine rings is 1. The number of nitrogens with zero attached hydrogens (tertiary/aromatic N) is 1. The molecule has 1 saturated heterocycles. The molecule has 2 atom stereocenters. The highest BCUT2D eigenvalue weighted by Crippen LogP contribution is 2.24. The van der Waals surface area contributed by atoms with Crippen LogP contribution in [0, 0.1) is 5.92 Å². The fraction of sp³-hybridized carbons (Fsp3) is 0.500. The topological polar surface area (TPSA) is 24.9 Å². The average molecular weight is 162 g/mol. The first-order chi connectivity index (χ1) is 5.86. The second-order valence-corrected chi connectivity index (χ2v) is 3.56. The maximum absolute atomic E-state index is 4.33. The second-order valence-electron chi connectivity index (χ2n) is 3.56. The van der Waals surface area contributed by atoms with E-state index in [-0.39, 0.29) is 0 Å². The van der Waals surface area contributed by atoms with E-state index in [2.05, 4.69) is 23.3 Å². The Balaban J connectivity index is 2.11. The van der Waals surface area contributed by atoms with Crippen molar-refractivity contribution in [3.63, 3.8) is 0 Å². The molecule has 1 aliphatic rings. The Labute approximate surface area is 73.0 Å². The first-order valence-electron chi connectivity index (χ1n) is 4.50. The van der Waals surface area contributed by atoms with E-state index in [1.54, 1.807) is 0 Å². The zero-order chi connectivity index (χ0) is 8.39. The van der Waals surface area contributed by atoms with Gasteiger partial charge in [-0.1, -0.05) is 13.0 Å². The van der Waals surface area contributed by atoms with Crippen molar-refractivity contribution in [1.29, 1.82) is 0 Å². The summed E-state index contributed by atoms with van der Waals surface area (Å²) >= 11 is 0.